The van der Waals surface area contributed by atoms with Crippen LogP contribution < -0.4 is 30.2 Å². The molecule has 4 N–H and O–H groups in total. The zero-order chi connectivity index (χ0) is 31.2. The van der Waals surface area contributed by atoms with Gasteiger partial charge in [0.25, 0.3) is 0 Å². The van der Waals surface area contributed by atoms with Crippen molar-refractivity contribution in [1.82, 2.24) is 15.1 Å². The SMILES string of the molecule is C[C@@H]1CN([C@@H](C)CO)C(=O)Cc2cc(NC(=O)NC3CCCCC3)ccc2O[C@H]1CN(C)C(=O)Nc1ccc2c(c1)OCO2. The Bertz CT molecular complexity index is 1350. The summed E-state index contributed by atoms with van der Waals surface area (Å²) < 4.78 is 17.3. The number of nitrogens with zero attached hydrogens (tertiary/aromatic N) is 2. The van der Waals surface area contributed by atoms with Crippen LogP contribution in [0.15, 0.2) is 36.4 Å². The third-order valence-corrected chi connectivity index (χ3v) is 8.54. The minimum absolute atomic E-state index is 0.0410. The smallest absolute Gasteiger partial charge is 0.321 e. The van der Waals surface area contributed by atoms with Gasteiger partial charge in [-0.05, 0) is 50.1 Å². The van der Waals surface area contributed by atoms with Gasteiger partial charge in [-0.1, -0.05) is 26.2 Å². The van der Waals surface area contributed by atoms with Gasteiger partial charge in [0.2, 0.25) is 12.7 Å². The molecular formula is C32H43N5O7. The van der Waals surface area contributed by atoms with Crippen LogP contribution in [0.25, 0.3) is 0 Å². The van der Waals surface area contributed by atoms with Crippen molar-refractivity contribution in [3.63, 3.8) is 0 Å². The molecule has 238 valence electrons. The molecule has 0 spiro atoms. The van der Waals surface area contributed by atoms with Gasteiger partial charge in [-0.3, -0.25) is 4.79 Å². The van der Waals surface area contributed by atoms with E-state index in [2.05, 4.69) is 16.0 Å². The van der Waals surface area contributed by atoms with Crippen molar-refractivity contribution in [2.24, 2.45) is 5.92 Å². The molecule has 2 aromatic rings. The van der Waals surface area contributed by atoms with Crippen LogP contribution in [0.3, 0.4) is 0 Å². The Labute approximate surface area is 258 Å². The number of carbonyl (C=O) groups excluding carboxylic acids is 3. The Hall–Kier alpha value is -4.19. The number of hydrogen-bond acceptors (Lipinski definition) is 7. The number of aliphatic hydroxyl groups excluding tert-OH is 1. The molecule has 0 unspecified atom stereocenters. The van der Waals surface area contributed by atoms with E-state index in [4.69, 9.17) is 14.2 Å². The predicted molar refractivity (Wildman–Crippen MR) is 165 cm³/mol. The fourth-order valence-electron chi connectivity index (χ4n) is 5.87. The number of nitrogens with one attached hydrogen (secondary N) is 3. The van der Waals surface area contributed by atoms with E-state index in [1.807, 2.05) is 6.92 Å². The molecule has 3 atom stereocenters. The molecule has 2 aliphatic heterocycles. The number of amides is 5. The van der Waals surface area contributed by atoms with Gasteiger partial charge >= 0.3 is 12.1 Å². The average Bonchev–Trinajstić information content (AvgIpc) is 3.49. The van der Waals surface area contributed by atoms with E-state index in [9.17, 15) is 19.5 Å². The summed E-state index contributed by atoms with van der Waals surface area (Å²) in [7, 11) is 1.68. The standard InChI is InChI=1S/C32H43N5O7/c1-20-16-37(21(2)18-38)30(39)14-22-13-24(34-31(40)33-23-7-5-4-6-8-23)9-11-26(22)44-29(20)17-36(3)32(41)35-25-10-12-27-28(15-25)43-19-42-27/h9-13,15,20-21,23,29,38H,4-8,14,16-19H2,1-3H3,(H,35,41)(H2,33,34,40)/t20-,21+,29+/m1/s1. The molecule has 3 aliphatic rings. The monoisotopic (exact) mass is 609 g/mol. The molecule has 5 rings (SSSR count). The van der Waals surface area contributed by atoms with E-state index in [0.717, 1.165) is 25.7 Å². The van der Waals surface area contributed by atoms with Crippen molar-refractivity contribution in [1.29, 1.82) is 0 Å². The molecule has 12 nitrogen and oxygen atoms in total. The van der Waals surface area contributed by atoms with Crippen LogP contribution in [0.5, 0.6) is 17.2 Å². The summed E-state index contributed by atoms with van der Waals surface area (Å²) in [5.41, 5.74) is 1.74. The molecule has 0 aromatic heterocycles. The summed E-state index contributed by atoms with van der Waals surface area (Å²) in [6.45, 7) is 4.30. The predicted octanol–water partition coefficient (Wildman–Crippen LogP) is 4.18. The number of carbonyl (C=O) groups is 3. The van der Waals surface area contributed by atoms with Crippen molar-refractivity contribution in [3.05, 3.63) is 42.0 Å². The van der Waals surface area contributed by atoms with E-state index >= 15 is 0 Å². The highest BCUT2D eigenvalue weighted by atomic mass is 16.7. The molecule has 1 saturated carbocycles. The van der Waals surface area contributed by atoms with Gasteiger partial charge in [0.15, 0.2) is 11.5 Å². The first kappa shape index (κ1) is 31.2. The molecule has 0 saturated heterocycles. The van der Waals surface area contributed by atoms with Gasteiger partial charge in [0, 0.05) is 48.6 Å². The van der Waals surface area contributed by atoms with Crippen LogP contribution in [0.1, 0.15) is 51.5 Å². The molecule has 44 heavy (non-hydrogen) atoms. The summed E-state index contributed by atoms with van der Waals surface area (Å²) in [5, 5.41) is 18.8. The number of urea groups is 2. The van der Waals surface area contributed by atoms with Crippen molar-refractivity contribution in [3.8, 4) is 17.2 Å². The summed E-state index contributed by atoms with van der Waals surface area (Å²) in [6.07, 6.45) is 4.93. The summed E-state index contributed by atoms with van der Waals surface area (Å²) in [4.78, 5) is 42.6. The fourth-order valence-corrected chi connectivity index (χ4v) is 5.87. The lowest BCUT2D eigenvalue weighted by atomic mass is 9.96. The normalized spacial score (nSPS) is 20.7. The first-order valence-corrected chi connectivity index (χ1v) is 15.4. The van der Waals surface area contributed by atoms with Crippen LogP contribution >= 0.6 is 0 Å². The third kappa shape index (κ3) is 7.65. The molecular weight excluding hydrogens is 566 g/mol. The average molecular weight is 610 g/mol. The molecule has 1 fully saturated rings. The number of anilines is 2. The van der Waals surface area contributed by atoms with Crippen LogP contribution in [0.4, 0.5) is 21.0 Å². The van der Waals surface area contributed by atoms with Crippen LogP contribution in [0, 0.1) is 5.92 Å². The maximum Gasteiger partial charge on any atom is 0.321 e. The highest BCUT2D eigenvalue weighted by Crippen LogP contribution is 2.34. The first-order valence-electron chi connectivity index (χ1n) is 15.4. The van der Waals surface area contributed by atoms with Gasteiger partial charge in [0.1, 0.15) is 11.9 Å². The van der Waals surface area contributed by atoms with E-state index in [0.29, 0.717) is 40.7 Å². The Balaban J connectivity index is 1.32. The third-order valence-electron chi connectivity index (χ3n) is 8.54. The second-order valence-corrected chi connectivity index (χ2v) is 12.0. The Morgan fingerprint density at radius 1 is 1.02 bits per heavy atom. The quantitative estimate of drug-likeness (QED) is 0.369. The van der Waals surface area contributed by atoms with E-state index in [-0.39, 0.29) is 56.3 Å². The molecule has 5 amide bonds. The number of fused-ring (bicyclic) bond motifs is 2. The number of ether oxygens (including phenoxy) is 3. The molecule has 1 aliphatic carbocycles. The second kappa shape index (κ2) is 14.1. The Morgan fingerprint density at radius 2 is 1.73 bits per heavy atom. The summed E-state index contributed by atoms with van der Waals surface area (Å²) in [5.74, 6) is 1.37. The zero-order valence-electron chi connectivity index (χ0n) is 25.6. The molecule has 0 radical (unpaired) electrons. The van der Waals surface area contributed by atoms with Gasteiger partial charge in [-0.2, -0.15) is 0 Å². The minimum Gasteiger partial charge on any atom is -0.488 e. The summed E-state index contributed by atoms with van der Waals surface area (Å²) in [6, 6.07) is 9.64. The number of hydrogen-bond donors (Lipinski definition) is 4. The number of likely N-dealkylation sites (N-methyl/N-ethyl adjacent to an activating group) is 1. The Morgan fingerprint density at radius 3 is 2.48 bits per heavy atom. The van der Waals surface area contributed by atoms with Crippen LogP contribution in [0.2, 0.25) is 0 Å². The lowest BCUT2D eigenvalue weighted by molar-refractivity contribution is -0.134. The minimum atomic E-state index is -0.478. The highest BCUT2D eigenvalue weighted by molar-refractivity contribution is 5.90. The number of rotatable bonds is 7. The zero-order valence-corrected chi connectivity index (χ0v) is 25.6. The number of aliphatic hydroxyl groups is 1. The lowest BCUT2D eigenvalue weighted by Gasteiger charge is -2.34. The molecule has 0 bridgehead atoms. The van der Waals surface area contributed by atoms with Gasteiger partial charge in [0.05, 0.1) is 25.6 Å². The molecule has 12 heteroatoms. The maximum atomic E-state index is 13.5. The molecule has 2 heterocycles. The lowest BCUT2D eigenvalue weighted by Crippen LogP contribution is -2.48. The largest absolute Gasteiger partial charge is 0.488 e. The highest BCUT2D eigenvalue weighted by Gasteiger charge is 2.32. The second-order valence-electron chi connectivity index (χ2n) is 12.0. The topological polar surface area (TPSA) is 142 Å². The van der Waals surface area contributed by atoms with Gasteiger partial charge in [-0.15, -0.1) is 0 Å². The van der Waals surface area contributed by atoms with Crippen molar-refractivity contribution >= 4 is 29.3 Å². The molecule has 2 aromatic carbocycles. The van der Waals surface area contributed by atoms with Gasteiger partial charge in [-0.25, -0.2) is 9.59 Å². The van der Waals surface area contributed by atoms with E-state index in [1.54, 1.807) is 55.3 Å². The number of benzene rings is 2. The first-order chi connectivity index (χ1) is 21.2. The summed E-state index contributed by atoms with van der Waals surface area (Å²) >= 11 is 0. The fraction of sp³-hybridized carbons (Fsp3) is 0.531. The van der Waals surface area contributed by atoms with Gasteiger partial charge < -0.3 is 45.1 Å². The van der Waals surface area contributed by atoms with E-state index in [1.165, 1.54) is 11.3 Å². The van der Waals surface area contributed by atoms with Crippen LogP contribution in [-0.2, 0) is 11.2 Å². The van der Waals surface area contributed by atoms with Crippen molar-refractivity contribution in [2.75, 3.05) is 44.2 Å². The maximum absolute atomic E-state index is 13.5. The Kier molecular flexibility index (Phi) is 9.99. The van der Waals surface area contributed by atoms with Crippen molar-refractivity contribution < 1.29 is 33.7 Å². The van der Waals surface area contributed by atoms with Crippen LogP contribution in [-0.4, -0.2) is 84.6 Å². The van der Waals surface area contributed by atoms with Crippen molar-refractivity contribution in [2.45, 2.75) is 70.6 Å². The van der Waals surface area contributed by atoms with E-state index < -0.39 is 12.1 Å².